The summed E-state index contributed by atoms with van der Waals surface area (Å²) in [5, 5.41) is 7.38. The molecule has 1 aliphatic heterocycles. The molecule has 13 heavy (non-hydrogen) atoms. The highest BCUT2D eigenvalue weighted by molar-refractivity contribution is 6.13. The van der Waals surface area contributed by atoms with Crippen molar-refractivity contribution in [3.63, 3.8) is 0 Å². The Morgan fingerprint density at radius 3 is 3.23 bits per heavy atom. The fourth-order valence-electron chi connectivity index (χ4n) is 1.35. The number of carbonyl (C=O) groups excluding carboxylic acids is 1. The molecule has 0 unspecified atom stereocenters. The number of aromatic nitrogens is 3. The van der Waals surface area contributed by atoms with Crippen LogP contribution in [0.1, 0.15) is 16.1 Å². The van der Waals surface area contributed by atoms with Crippen molar-refractivity contribution in [2.75, 3.05) is 0 Å². The smallest absolute Gasteiger partial charge is 0.267 e. The average molecular weight is 172 g/mol. The minimum Gasteiger partial charge on any atom is -0.267 e. The number of amides is 1. The monoisotopic (exact) mass is 172 g/mol. The molecule has 2 aromatic rings. The highest BCUT2D eigenvalue weighted by atomic mass is 16.1. The molecule has 1 N–H and O–H groups in total. The molecule has 0 aromatic carbocycles. The van der Waals surface area contributed by atoms with Gasteiger partial charge in [-0.2, -0.15) is 5.10 Å². The Labute approximate surface area is 72.5 Å². The maximum absolute atomic E-state index is 11.2. The van der Waals surface area contributed by atoms with Gasteiger partial charge in [0.05, 0.1) is 23.7 Å². The fourth-order valence-corrected chi connectivity index (χ4v) is 1.35. The van der Waals surface area contributed by atoms with Crippen molar-refractivity contribution in [1.29, 1.82) is 0 Å². The number of nitrogens with zero attached hydrogens (tertiary/aromatic N) is 3. The first kappa shape index (κ1) is 6.47. The normalized spacial score (nSPS) is 14.0. The van der Waals surface area contributed by atoms with Crippen LogP contribution in [0.5, 0.6) is 0 Å². The minimum absolute atomic E-state index is 0.231. The van der Waals surface area contributed by atoms with Gasteiger partial charge in [0.1, 0.15) is 0 Å². The van der Waals surface area contributed by atoms with E-state index in [-0.39, 0.29) is 5.91 Å². The van der Waals surface area contributed by atoms with Crippen LogP contribution in [0.25, 0.3) is 11.0 Å². The number of aromatic amines is 1. The molecule has 1 amide bonds. The maximum Gasteiger partial charge on any atom is 0.279 e. The van der Waals surface area contributed by atoms with E-state index in [1.54, 1.807) is 12.3 Å². The molecule has 0 atom stereocenters. The number of pyridine rings is 1. The zero-order valence-corrected chi connectivity index (χ0v) is 6.48. The Kier molecular flexibility index (Phi) is 0.999. The molecule has 0 spiro atoms. The van der Waals surface area contributed by atoms with E-state index in [0.29, 0.717) is 16.9 Å². The van der Waals surface area contributed by atoms with Gasteiger partial charge in [-0.3, -0.25) is 9.89 Å². The summed E-state index contributed by atoms with van der Waals surface area (Å²) >= 11 is 0. The molecule has 5 nitrogen and oxygen atoms in total. The van der Waals surface area contributed by atoms with Crippen molar-refractivity contribution < 1.29 is 4.79 Å². The zero-order chi connectivity index (χ0) is 8.84. The van der Waals surface area contributed by atoms with Crippen molar-refractivity contribution >= 4 is 23.2 Å². The van der Waals surface area contributed by atoms with Crippen LogP contribution in [0, 0.1) is 0 Å². The highest BCUT2D eigenvalue weighted by Crippen LogP contribution is 2.17. The molecule has 0 saturated heterocycles. The predicted octanol–water partition coefficient (Wildman–Crippen LogP) is 0.531. The molecule has 5 heteroatoms. The fraction of sp³-hybridized carbons (Fsp3) is 0. The summed E-state index contributed by atoms with van der Waals surface area (Å²) < 4.78 is 0. The van der Waals surface area contributed by atoms with Gasteiger partial charge in [0.15, 0.2) is 5.65 Å². The van der Waals surface area contributed by atoms with Gasteiger partial charge in [0.25, 0.3) is 5.91 Å². The van der Waals surface area contributed by atoms with Crippen molar-refractivity contribution in [1.82, 2.24) is 15.2 Å². The third-order valence-corrected chi connectivity index (χ3v) is 1.99. The third-order valence-electron chi connectivity index (χ3n) is 1.99. The van der Waals surface area contributed by atoms with Crippen LogP contribution in [-0.2, 0) is 0 Å². The predicted molar refractivity (Wildman–Crippen MR) is 45.8 cm³/mol. The molecule has 3 rings (SSSR count). The van der Waals surface area contributed by atoms with Crippen LogP contribution in [0.4, 0.5) is 0 Å². The van der Waals surface area contributed by atoms with Crippen LogP contribution in [0.15, 0.2) is 17.3 Å². The molecule has 0 radical (unpaired) electrons. The molecule has 0 bridgehead atoms. The topological polar surface area (TPSA) is 71.0 Å². The summed E-state index contributed by atoms with van der Waals surface area (Å²) in [6.45, 7) is 0. The summed E-state index contributed by atoms with van der Waals surface area (Å²) in [6, 6.07) is 1.75. The van der Waals surface area contributed by atoms with Gasteiger partial charge < -0.3 is 0 Å². The Hall–Kier alpha value is -2.04. The Balaban J connectivity index is 2.44. The quantitative estimate of drug-likeness (QED) is 0.630. The number of H-pyrrole nitrogens is 1. The van der Waals surface area contributed by atoms with E-state index in [2.05, 4.69) is 20.2 Å². The molecular weight excluding hydrogens is 168 g/mol. The Morgan fingerprint density at radius 1 is 1.38 bits per heavy atom. The van der Waals surface area contributed by atoms with Crippen LogP contribution in [0.2, 0.25) is 0 Å². The number of nitrogens with one attached hydrogen (secondary N) is 1. The first-order valence-corrected chi connectivity index (χ1v) is 3.77. The summed E-state index contributed by atoms with van der Waals surface area (Å²) in [4.78, 5) is 19.0. The van der Waals surface area contributed by atoms with Gasteiger partial charge in [0, 0.05) is 5.39 Å². The SMILES string of the molecule is O=C1N=Cc2nc3[nH]ncc3cc21. The van der Waals surface area contributed by atoms with Crippen molar-refractivity contribution in [2.45, 2.75) is 0 Å². The van der Waals surface area contributed by atoms with E-state index in [1.807, 2.05) is 0 Å². The Morgan fingerprint density at radius 2 is 2.31 bits per heavy atom. The van der Waals surface area contributed by atoms with Gasteiger partial charge in [-0.15, -0.1) is 0 Å². The summed E-state index contributed by atoms with van der Waals surface area (Å²) in [5.41, 5.74) is 1.84. The molecular formula is C8H4N4O. The third kappa shape index (κ3) is 0.752. The van der Waals surface area contributed by atoms with Crippen LogP contribution < -0.4 is 0 Å². The second-order valence-corrected chi connectivity index (χ2v) is 2.79. The number of carbonyl (C=O) groups is 1. The van der Waals surface area contributed by atoms with Gasteiger partial charge >= 0.3 is 0 Å². The minimum atomic E-state index is -0.231. The number of aliphatic imine (C=N–C) groups is 1. The first-order chi connectivity index (χ1) is 6.34. The summed E-state index contributed by atoms with van der Waals surface area (Å²) in [7, 11) is 0. The molecule has 0 aliphatic carbocycles. The van der Waals surface area contributed by atoms with E-state index in [4.69, 9.17) is 0 Å². The largest absolute Gasteiger partial charge is 0.279 e. The van der Waals surface area contributed by atoms with Crippen molar-refractivity contribution in [2.24, 2.45) is 4.99 Å². The number of fused-ring (bicyclic) bond motifs is 2. The maximum atomic E-state index is 11.2. The first-order valence-electron chi connectivity index (χ1n) is 3.77. The lowest BCUT2D eigenvalue weighted by molar-refractivity contribution is 0.101. The number of rotatable bonds is 0. The van der Waals surface area contributed by atoms with E-state index in [1.165, 1.54) is 6.21 Å². The highest BCUT2D eigenvalue weighted by Gasteiger charge is 2.17. The number of hydrogen-bond acceptors (Lipinski definition) is 3. The van der Waals surface area contributed by atoms with E-state index in [0.717, 1.165) is 5.39 Å². The molecule has 0 saturated carbocycles. The van der Waals surface area contributed by atoms with E-state index < -0.39 is 0 Å². The lowest BCUT2D eigenvalue weighted by Crippen LogP contribution is -1.94. The van der Waals surface area contributed by atoms with Crippen molar-refractivity contribution in [3.8, 4) is 0 Å². The zero-order valence-electron chi connectivity index (χ0n) is 6.48. The second-order valence-electron chi connectivity index (χ2n) is 2.79. The Bertz CT molecular complexity index is 540. The lowest BCUT2D eigenvalue weighted by atomic mass is 10.2. The molecule has 2 aromatic heterocycles. The van der Waals surface area contributed by atoms with Crippen LogP contribution in [-0.4, -0.2) is 27.3 Å². The van der Waals surface area contributed by atoms with Crippen LogP contribution in [0.3, 0.4) is 0 Å². The standard InChI is InChI=1S/C8H4N4O/c13-8-5-1-4-2-10-12-7(4)11-6(5)3-9-8/h1-3H,(H,10,11,12). The van der Waals surface area contributed by atoms with E-state index >= 15 is 0 Å². The van der Waals surface area contributed by atoms with Gasteiger partial charge in [-0.1, -0.05) is 0 Å². The van der Waals surface area contributed by atoms with Gasteiger partial charge in [-0.05, 0) is 6.07 Å². The summed E-state index contributed by atoms with van der Waals surface area (Å²) in [5.74, 6) is -0.231. The molecule has 62 valence electrons. The number of hydrogen-bond donors (Lipinski definition) is 1. The molecule has 3 heterocycles. The van der Waals surface area contributed by atoms with E-state index in [9.17, 15) is 4.79 Å². The van der Waals surface area contributed by atoms with Crippen molar-refractivity contribution in [3.05, 3.63) is 23.5 Å². The lowest BCUT2D eigenvalue weighted by Gasteiger charge is -1.93. The van der Waals surface area contributed by atoms with Gasteiger partial charge in [0.2, 0.25) is 0 Å². The van der Waals surface area contributed by atoms with Crippen LogP contribution >= 0.6 is 0 Å². The summed E-state index contributed by atoms with van der Waals surface area (Å²) in [6.07, 6.45) is 3.10. The second kappa shape index (κ2) is 2.01. The average Bonchev–Trinajstić information content (AvgIpc) is 2.70. The van der Waals surface area contributed by atoms with Gasteiger partial charge in [-0.25, -0.2) is 9.98 Å². The molecule has 1 aliphatic rings. The molecule has 0 fully saturated rings.